The number of aryl methyl sites for hydroxylation is 1. The second-order valence-corrected chi connectivity index (χ2v) is 8.82. The summed E-state index contributed by atoms with van der Waals surface area (Å²) in [5.74, 6) is -3.99. The predicted octanol–water partition coefficient (Wildman–Crippen LogP) is 4.26. The van der Waals surface area contributed by atoms with E-state index in [-0.39, 0.29) is 12.1 Å². The molecule has 13 heteroatoms. The molecule has 8 nitrogen and oxygen atoms in total. The molecule has 1 fully saturated rings. The van der Waals surface area contributed by atoms with E-state index >= 15 is 0 Å². The number of nitrogens with one attached hydrogen (secondary N) is 2. The maximum Gasteiger partial charge on any atom is 0.491 e. The van der Waals surface area contributed by atoms with Gasteiger partial charge in [-0.25, -0.2) is 14.2 Å². The third-order valence-corrected chi connectivity index (χ3v) is 5.72. The lowest BCUT2D eigenvalue weighted by molar-refractivity contribution is -0.189. The van der Waals surface area contributed by atoms with Gasteiger partial charge in [-0.05, 0) is 44.7 Å². The Kier molecular flexibility index (Phi) is 8.04. The third kappa shape index (κ3) is 6.71. The van der Waals surface area contributed by atoms with Gasteiger partial charge in [-0.2, -0.15) is 18.2 Å². The van der Waals surface area contributed by atoms with E-state index in [0.29, 0.717) is 49.6 Å². The number of rotatable bonds is 6. The first-order chi connectivity index (χ1) is 16.3. The van der Waals surface area contributed by atoms with Crippen LogP contribution in [0.2, 0.25) is 5.02 Å². The standard InChI is InChI=1S/C22H24ClF4N5O3/c1-11-10-28-21(32(2)3)31-18(11)29-13-4-6-14(7-5-13)30-19(33)15-8-12(24)9-16(23)17(15)35-20(34)22(25,26)27/h8-10,13-14H,4-7H2,1-3H3,(H,30,33)(H,28,29,31). The maximum absolute atomic E-state index is 13.8. The van der Waals surface area contributed by atoms with Crippen molar-refractivity contribution in [3.8, 4) is 5.75 Å². The fourth-order valence-electron chi connectivity index (χ4n) is 3.62. The number of aromatic nitrogens is 2. The fourth-order valence-corrected chi connectivity index (χ4v) is 3.86. The van der Waals surface area contributed by atoms with E-state index in [1.807, 2.05) is 21.0 Å². The van der Waals surface area contributed by atoms with Crippen molar-refractivity contribution in [2.45, 2.75) is 50.9 Å². The number of hydrogen-bond acceptors (Lipinski definition) is 7. The summed E-state index contributed by atoms with van der Waals surface area (Å²) in [6, 6.07) is 1.09. The quantitative estimate of drug-likeness (QED) is 0.336. The molecule has 0 aliphatic heterocycles. The van der Waals surface area contributed by atoms with Crippen LogP contribution in [0.3, 0.4) is 0 Å². The Labute approximate surface area is 204 Å². The number of nitrogens with zero attached hydrogens (tertiary/aromatic N) is 3. The molecule has 1 saturated carbocycles. The molecule has 0 atom stereocenters. The van der Waals surface area contributed by atoms with Crippen molar-refractivity contribution in [3.63, 3.8) is 0 Å². The molecule has 0 spiro atoms. The van der Waals surface area contributed by atoms with E-state index in [1.165, 1.54) is 0 Å². The van der Waals surface area contributed by atoms with Crippen molar-refractivity contribution in [1.82, 2.24) is 15.3 Å². The normalized spacial score (nSPS) is 18.1. The van der Waals surface area contributed by atoms with Crippen LogP contribution < -0.4 is 20.3 Å². The SMILES string of the molecule is Cc1cnc(N(C)C)nc1NC1CCC(NC(=O)c2cc(F)cc(Cl)c2OC(=O)C(F)(F)F)CC1. The zero-order valence-corrected chi connectivity index (χ0v) is 19.9. The lowest BCUT2D eigenvalue weighted by Gasteiger charge is -2.30. The first kappa shape index (κ1) is 26.5. The zero-order chi connectivity index (χ0) is 25.9. The van der Waals surface area contributed by atoms with E-state index in [0.717, 1.165) is 5.56 Å². The molecule has 1 aliphatic carbocycles. The Balaban J connectivity index is 1.65. The van der Waals surface area contributed by atoms with Crippen LogP contribution in [-0.2, 0) is 4.79 Å². The second kappa shape index (κ2) is 10.6. The lowest BCUT2D eigenvalue weighted by Crippen LogP contribution is -2.40. The molecular weight excluding hydrogens is 494 g/mol. The molecule has 1 aromatic carbocycles. The van der Waals surface area contributed by atoms with Gasteiger partial charge in [0.1, 0.15) is 11.6 Å². The Morgan fingerprint density at radius 3 is 2.37 bits per heavy atom. The highest BCUT2D eigenvalue weighted by atomic mass is 35.5. The smallest absolute Gasteiger partial charge is 0.417 e. The van der Waals surface area contributed by atoms with Crippen LogP contribution in [0.4, 0.5) is 29.3 Å². The van der Waals surface area contributed by atoms with E-state index in [2.05, 4.69) is 25.3 Å². The number of anilines is 2. The molecule has 35 heavy (non-hydrogen) atoms. The summed E-state index contributed by atoms with van der Waals surface area (Å²) in [6.07, 6.45) is -1.14. The van der Waals surface area contributed by atoms with Crippen molar-refractivity contribution in [3.05, 3.63) is 40.3 Å². The van der Waals surface area contributed by atoms with Crippen LogP contribution in [0, 0.1) is 12.7 Å². The average molecular weight is 518 g/mol. The molecule has 0 bridgehead atoms. The molecule has 1 amide bonds. The number of amides is 1. The van der Waals surface area contributed by atoms with Crippen LogP contribution in [0.15, 0.2) is 18.3 Å². The number of carbonyl (C=O) groups excluding carboxylic acids is 2. The monoisotopic (exact) mass is 517 g/mol. The Bertz CT molecular complexity index is 1110. The molecule has 3 rings (SSSR count). The topological polar surface area (TPSA) is 96.5 Å². The number of alkyl halides is 3. The third-order valence-electron chi connectivity index (χ3n) is 5.44. The molecule has 1 aromatic heterocycles. The number of ether oxygens (including phenoxy) is 1. The van der Waals surface area contributed by atoms with Crippen molar-refractivity contribution in [2.75, 3.05) is 24.3 Å². The summed E-state index contributed by atoms with van der Waals surface area (Å²) < 4.78 is 56.0. The first-order valence-corrected chi connectivity index (χ1v) is 11.1. The minimum absolute atomic E-state index is 0.0821. The summed E-state index contributed by atoms with van der Waals surface area (Å²) in [5, 5.41) is 5.43. The molecule has 2 aromatic rings. The zero-order valence-electron chi connectivity index (χ0n) is 19.2. The maximum atomic E-state index is 13.8. The summed E-state index contributed by atoms with van der Waals surface area (Å²) >= 11 is 5.77. The number of benzene rings is 1. The molecule has 2 N–H and O–H groups in total. The van der Waals surface area contributed by atoms with Crippen LogP contribution in [0.1, 0.15) is 41.6 Å². The number of hydrogen-bond donors (Lipinski definition) is 2. The molecule has 1 heterocycles. The lowest BCUT2D eigenvalue weighted by atomic mass is 9.91. The Morgan fingerprint density at radius 2 is 1.77 bits per heavy atom. The van der Waals surface area contributed by atoms with Gasteiger partial charge in [0.05, 0.1) is 10.6 Å². The van der Waals surface area contributed by atoms with E-state index in [4.69, 9.17) is 11.6 Å². The highest BCUT2D eigenvalue weighted by molar-refractivity contribution is 6.32. The summed E-state index contributed by atoms with van der Waals surface area (Å²) in [7, 11) is 3.67. The van der Waals surface area contributed by atoms with Crippen LogP contribution in [-0.4, -0.2) is 54.2 Å². The van der Waals surface area contributed by atoms with Gasteiger partial charge in [0, 0.05) is 37.9 Å². The minimum atomic E-state index is -5.31. The summed E-state index contributed by atoms with van der Waals surface area (Å²) in [6.45, 7) is 1.89. The predicted molar refractivity (Wildman–Crippen MR) is 121 cm³/mol. The van der Waals surface area contributed by atoms with E-state index < -0.39 is 40.2 Å². The number of esters is 1. The Morgan fingerprint density at radius 1 is 1.14 bits per heavy atom. The van der Waals surface area contributed by atoms with Crippen molar-refractivity contribution >= 4 is 35.2 Å². The molecule has 0 saturated heterocycles. The Hall–Kier alpha value is -3.15. The van der Waals surface area contributed by atoms with E-state index in [9.17, 15) is 27.2 Å². The summed E-state index contributed by atoms with van der Waals surface area (Å²) in [4.78, 5) is 34.5. The van der Waals surface area contributed by atoms with Crippen LogP contribution >= 0.6 is 11.6 Å². The van der Waals surface area contributed by atoms with Gasteiger partial charge < -0.3 is 20.3 Å². The van der Waals surface area contributed by atoms with Crippen LogP contribution in [0.5, 0.6) is 5.75 Å². The van der Waals surface area contributed by atoms with Crippen molar-refractivity contribution < 1.29 is 31.9 Å². The summed E-state index contributed by atoms with van der Waals surface area (Å²) in [5.41, 5.74) is 0.288. The van der Waals surface area contributed by atoms with Gasteiger partial charge in [0.15, 0.2) is 5.75 Å². The van der Waals surface area contributed by atoms with Gasteiger partial charge in [0.25, 0.3) is 5.91 Å². The van der Waals surface area contributed by atoms with Crippen molar-refractivity contribution in [2.24, 2.45) is 0 Å². The largest absolute Gasteiger partial charge is 0.491 e. The number of carbonyl (C=O) groups is 2. The minimum Gasteiger partial charge on any atom is -0.417 e. The van der Waals surface area contributed by atoms with Gasteiger partial charge >= 0.3 is 12.1 Å². The van der Waals surface area contributed by atoms with Crippen molar-refractivity contribution in [1.29, 1.82) is 0 Å². The fraction of sp³-hybridized carbons (Fsp3) is 0.455. The molecule has 190 valence electrons. The van der Waals surface area contributed by atoms with Crippen LogP contribution in [0.25, 0.3) is 0 Å². The molecule has 1 aliphatic rings. The van der Waals surface area contributed by atoms with E-state index in [1.54, 1.807) is 11.1 Å². The highest BCUT2D eigenvalue weighted by Crippen LogP contribution is 2.33. The second-order valence-electron chi connectivity index (χ2n) is 8.41. The average Bonchev–Trinajstić information content (AvgIpc) is 2.77. The molecule has 0 unspecified atom stereocenters. The van der Waals surface area contributed by atoms with Gasteiger partial charge in [-0.1, -0.05) is 11.6 Å². The molecule has 0 radical (unpaired) electrons. The first-order valence-electron chi connectivity index (χ1n) is 10.7. The number of halogens is 5. The molecular formula is C22H24ClF4N5O3. The van der Waals surface area contributed by atoms with Gasteiger partial charge in [-0.3, -0.25) is 4.79 Å². The highest BCUT2D eigenvalue weighted by Gasteiger charge is 2.42. The van der Waals surface area contributed by atoms with Gasteiger partial charge in [-0.15, -0.1) is 0 Å². The van der Waals surface area contributed by atoms with Gasteiger partial charge in [0.2, 0.25) is 5.95 Å².